The smallest absolute Gasteiger partial charge is 0.266 e. The Labute approximate surface area is 239 Å². The topological polar surface area (TPSA) is 92.2 Å². The molecule has 0 fully saturated rings. The highest BCUT2D eigenvalue weighted by Crippen LogP contribution is 2.45. The third-order valence-corrected chi connectivity index (χ3v) is 7.58. The Hall–Kier alpha value is -2.98. The molecule has 0 bridgehead atoms. The fraction of sp³-hybridized carbons (Fsp3) is 0.241. The monoisotopic (exact) mass is 641 g/mol. The molecule has 0 aromatic heterocycles. The molecule has 1 aliphatic heterocycles. The van der Waals surface area contributed by atoms with Crippen LogP contribution in [0.5, 0.6) is 5.75 Å². The molecule has 38 heavy (non-hydrogen) atoms. The molecular weight excluding hydrogens is 614 g/mol. The van der Waals surface area contributed by atoms with E-state index in [1.54, 1.807) is 6.08 Å². The normalized spacial score (nSPS) is 18.4. The molecule has 3 aromatic carbocycles. The van der Waals surface area contributed by atoms with Gasteiger partial charge in [-0.2, -0.15) is 0 Å². The van der Waals surface area contributed by atoms with Gasteiger partial charge in [0, 0.05) is 46.1 Å². The first-order valence-corrected chi connectivity index (χ1v) is 13.8. The quantitative estimate of drug-likeness (QED) is 0.142. The van der Waals surface area contributed by atoms with Gasteiger partial charge in [-0.25, -0.2) is 10.4 Å². The van der Waals surface area contributed by atoms with Crippen molar-refractivity contribution < 1.29 is 19.4 Å². The molecule has 1 aliphatic rings. The Bertz CT molecular complexity index is 1300. The average Bonchev–Trinajstić information content (AvgIpc) is 3.31. The molecule has 7 nitrogen and oxygen atoms in total. The molecule has 0 aliphatic carbocycles. The molecule has 0 saturated heterocycles. The van der Waals surface area contributed by atoms with Gasteiger partial charge in [0.1, 0.15) is 5.75 Å². The predicted octanol–water partition coefficient (Wildman–Crippen LogP) is 5.28. The number of nitrogens with zero attached hydrogens (tertiary/aromatic N) is 1. The lowest BCUT2D eigenvalue weighted by Crippen LogP contribution is -2.54. The van der Waals surface area contributed by atoms with Crippen LogP contribution < -0.4 is 15.6 Å². The number of hydrogen-bond acceptors (Lipinski definition) is 6. The number of ether oxygens (including phenoxy) is 2. The van der Waals surface area contributed by atoms with Crippen LogP contribution in [-0.2, 0) is 16.0 Å². The minimum atomic E-state index is -1.33. The molecule has 3 N–H and O–H groups in total. The van der Waals surface area contributed by atoms with Crippen molar-refractivity contribution in [2.45, 2.75) is 24.5 Å². The SMILES string of the molecule is C=CCNNC(=O)[C@@]1(Cc2ccccc2Br)N=C(c2ccc(OCCCO)cc2)O[C@H]1c1ccccc1Br. The Morgan fingerprint density at radius 2 is 1.79 bits per heavy atom. The molecule has 198 valence electrons. The molecule has 0 radical (unpaired) electrons. The number of halogens is 2. The summed E-state index contributed by atoms with van der Waals surface area (Å²) in [6.45, 7) is 4.59. The number of carbonyl (C=O) groups is 1. The van der Waals surface area contributed by atoms with Crippen molar-refractivity contribution >= 4 is 43.7 Å². The highest BCUT2D eigenvalue weighted by atomic mass is 79.9. The number of carbonyl (C=O) groups excluding carboxylic acids is 1. The van der Waals surface area contributed by atoms with E-state index in [1.807, 2.05) is 72.8 Å². The number of benzene rings is 3. The lowest BCUT2D eigenvalue weighted by Gasteiger charge is -2.31. The summed E-state index contributed by atoms with van der Waals surface area (Å²) in [4.78, 5) is 19.0. The first-order valence-electron chi connectivity index (χ1n) is 12.2. The number of hydrogen-bond donors (Lipinski definition) is 3. The highest BCUT2D eigenvalue weighted by molar-refractivity contribution is 9.10. The number of nitrogens with one attached hydrogen (secondary N) is 2. The predicted molar refractivity (Wildman–Crippen MR) is 155 cm³/mol. The van der Waals surface area contributed by atoms with E-state index in [-0.39, 0.29) is 18.9 Å². The number of amides is 1. The van der Waals surface area contributed by atoms with Gasteiger partial charge < -0.3 is 14.6 Å². The van der Waals surface area contributed by atoms with E-state index in [0.717, 1.165) is 25.6 Å². The van der Waals surface area contributed by atoms with Crippen molar-refractivity contribution in [2.75, 3.05) is 19.8 Å². The third-order valence-electron chi connectivity index (χ3n) is 6.08. The minimum absolute atomic E-state index is 0.0719. The van der Waals surface area contributed by atoms with Gasteiger partial charge in [0.25, 0.3) is 5.91 Å². The molecule has 9 heteroatoms. The summed E-state index contributed by atoms with van der Waals surface area (Å²) in [5, 5.41) is 8.99. The second kappa shape index (κ2) is 13.2. The molecule has 2 atom stereocenters. The largest absolute Gasteiger partial charge is 0.494 e. The van der Waals surface area contributed by atoms with Gasteiger partial charge in [0.05, 0.1) is 6.61 Å². The van der Waals surface area contributed by atoms with Gasteiger partial charge in [-0.05, 0) is 42.0 Å². The van der Waals surface area contributed by atoms with Crippen molar-refractivity contribution in [1.82, 2.24) is 10.9 Å². The van der Waals surface area contributed by atoms with Crippen molar-refractivity contribution in [2.24, 2.45) is 4.99 Å². The lowest BCUT2D eigenvalue weighted by atomic mass is 9.82. The maximum absolute atomic E-state index is 14.0. The van der Waals surface area contributed by atoms with Crippen LogP contribution in [0.2, 0.25) is 0 Å². The van der Waals surface area contributed by atoms with Crippen LogP contribution in [0.3, 0.4) is 0 Å². The fourth-order valence-corrected chi connectivity index (χ4v) is 5.11. The average molecular weight is 643 g/mol. The van der Waals surface area contributed by atoms with Crippen molar-refractivity contribution in [3.8, 4) is 5.75 Å². The van der Waals surface area contributed by atoms with E-state index in [2.05, 4.69) is 49.3 Å². The summed E-state index contributed by atoms with van der Waals surface area (Å²) in [6.07, 6.45) is 1.79. The number of aliphatic hydroxyl groups is 1. The van der Waals surface area contributed by atoms with Crippen LogP contribution in [0, 0.1) is 0 Å². The Morgan fingerprint density at radius 1 is 1.08 bits per heavy atom. The summed E-state index contributed by atoms with van der Waals surface area (Å²) < 4.78 is 13.9. The highest BCUT2D eigenvalue weighted by Gasteiger charge is 2.54. The van der Waals surface area contributed by atoms with E-state index in [0.29, 0.717) is 31.2 Å². The van der Waals surface area contributed by atoms with Crippen molar-refractivity contribution in [1.29, 1.82) is 0 Å². The molecule has 0 unspecified atom stereocenters. The minimum Gasteiger partial charge on any atom is -0.494 e. The van der Waals surface area contributed by atoms with Gasteiger partial charge >= 0.3 is 0 Å². The second-order valence-corrected chi connectivity index (χ2v) is 10.4. The Balaban J connectivity index is 1.79. The number of hydrazine groups is 1. The molecule has 1 heterocycles. The van der Waals surface area contributed by atoms with Gasteiger partial charge in [-0.1, -0.05) is 74.3 Å². The molecule has 1 amide bonds. The van der Waals surface area contributed by atoms with Gasteiger partial charge in [-0.3, -0.25) is 10.2 Å². The number of aliphatic imine (C=N–C) groups is 1. The molecule has 3 aromatic rings. The fourth-order valence-electron chi connectivity index (χ4n) is 4.19. The maximum atomic E-state index is 14.0. The van der Waals surface area contributed by atoms with Crippen LogP contribution in [0.1, 0.15) is 29.2 Å². The second-order valence-electron chi connectivity index (χ2n) is 8.70. The van der Waals surface area contributed by atoms with Crippen LogP contribution in [0.25, 0.3) is 0 Å². The van der Waals surface area contributed by atoms with Crippen LogP contribution in [0.4, 0.5) is 0 Å². The van der Waals surface area contributed by atoms with Gasteiger partial charge in [-0.15, -0.1) is 6.58 Å². The number of aliphatic hydroxyl groups excluding tert-OH is 1. The number of rotatable bonds is 12. The summed E-state index contributed by atoms with van der Waals surface area (Å²) in [5.41, 5.74) is 6.85. The maximum Gasteiger partial charge on any atom is 0.266 e. The Morgan fingerprint density at radius 3 is 2.47 bits per heavy atom. The summed E-state index contributed by atoms with van der Waals surface area (Å²) in [7, 11) is 0. The molecule has 4 rings (SSSR count). The van der Waals surface area contributed by atoms with Crippen LogP contribution in [-0.4, -0.2) is 42.2 Å². The Kier molecular flexibility index (Phi) is 9.74. The summed E-state index contributed by atoms with van der Waals surface area (Å²) >= 11 is 7.29. The molecule has 0 spiro atoms. The van der Waals surface area contributed by atoms with E-state index in [4.69, 9.17) is 19.6 Å². The zero-order valence-electron chi connectivity index (χ0n) is 20.7. The van der Waals surface area contributed by atoms with E-state index in [1.165, 1.54) is 0 Å². The van der Waals surface area contributed by atoms with Crippen molar-refractivity contribution in [3.63, 3.8) is 0 Å². The van der Waals surface area contributed by atoms with Gasteiger partial charge in [0.15, 0.2) is 11.6 Å². The lowest BCUT2D eigenvalue weighted by molar-refractivity contribution is -0.129. The third kappa shape index (κ3) is 6.35. The van der Waals surface area contributed by atoms with E-state index < -0.39 is 11.6 Å². The zero-order chi connectivity index (χ0) is 27.0. The zero-order valence-corrected chi connectivity index (χ0v) is 23.9. The summed E-state index contributed by atoms with van der Waals surface area (Å²) in [6, 6.07) is 22.8. The van der Waals surface area contributed by atoms with E-state index >= 15 is 0 Å². The molecule has 0 saturated carbocycles. The van der Waals surface area contributed by atoms with Crippen LogP contribution >= 0.6 is 31.9 Å². The summed E-state index contributed by atoms with van der Waals surface area (Å²) in [5.74, 6) is 0.711. The van der Waals surface area contributed by atoms with E-state index in [9.17, 15) is 4.79 Å². The van der Waals surface area contributed by atoms with Gasteiger partial charge in [0.2, 0.25) is 5.90 Å². The standard InChI is InChI=1S/C29H29Br2N3O4/c1-2-16-32-34-28(36)29(19-21-8-3-5-10-24(21)30)26(23-9-4-6-11-25(23)31)38-27(33-29)20-12-14-22(15-13-20)37-18-7-17-35/h2-6,8-15,26,32,35H,1,7,16-19H2,(H,34,36)/t26-,29-/m0/s1. The first kappa shape index (κ1) is 28.0. The molecular formula is C29H29Br2N3O4. The van der Waals surface area contributed by atoms with Crippen molar-refractivity contribution in [3.05, 3.63) is 111 Å². The first-order chi connectivity index (χ1) is 18.5. The van der Waals surface area contributed by atoms with Crippen LogP contribution in [0.15, 0.2) is 99.4 Å².